The first kappa shape index (κ1) is 7.67. The summed E-state index contributed by atoms with van der Waals surface area (Å²) in [5, 5.41) is 13.6. The molecule has 1 aromatic rings. The van der Waals surface area contributed by atoms with E-state index < -0.39 is 5.60 Å². The third-order valence-electron chi connectivity index (χ3n) is 1.71. The lowest BCUT2D eigenvalue weighted by Gasteiger charge is -2.35. The second-order valence-electron chi connectivity index (χ2n) is 2.60. The van der Waals surface area contributed by atoms with E-state index in [1.807, 2.05) is 0 Å². The van der Waals surface area contributed by atoms with Gasteiger partial charge in [-0.3, -0.25) is 0 Å². The van der Waals surface area contributed by atoms with Gasteiger partial charge in [0.15, 0.2) is 0 Å². The zero-order valence-corrected chi connectivity index (χ0v) is 8.07. The second kappa shape index (κ2) is 2.52. The van der Waals surface area contributed by atoms with Crippen LogP contribution in [0.15, 0.2) is 9.98 Å². The van der Waals surface area contributed by atoms with Crippen LogP contribution in [-0.4, -0.2) is 23.2 Å². The van der Waals surface area contributed by atoms with Crippen molar-refractivity contribution in [3.05, 3.63) is 15.0 Å². The van der Waals surface area contributed by atoms with Gasteiger partial charge in [0.05, 0.1) is 9.98 Å². The highest BCUT2D eigenvalue weighted by Crippen LogP contribution is 2.31. The maximum absolute atomic E-state index is 9.76. The number of hydrogen-bond acceptors (Lipinski definition) is 4. The molecule has 1 aliphatic heterocycles. The first-order chi connectivity index (χ1) is 5.21. The summed E-state index contributed by atoms with van der Waals surface area (Å²) in [6, 6.07) is 0. The summed E-state index contributed by atoms with van der Waals surface area (Å²) >= 11 is 4.79. The molecular weight excluding hydrogens is 228 g/mol. The number of halogens is 1. The molecule has 3 nitrogen and oxygen atoms in total. The Labute approximate surface area is 76.6 Å². The van der Waals surface area contributed by atoms with Crippen LogP contribution in [0.1, 0.15) is 5.01 Å². The van der Waals surface area contributed by atoms with E-state index in [4.69, 9.17) is 0 Å². The van der Waals surface area contributed by atoms with Crippen LogP contribution in [0.3, 0.4) is 0 Å². The van der Waals surface area contributed by atoms with E-state index in [0.29, 0.717) is 13.1 Å². The first-order valence-electron chi connectivity index (χ1n) is 3.26. The van der Waals surface area contributed by atoms with Crippen LogP contribution < -0.4 is 5.32 Å². The molecule has 1 aliphatic rings. The van der Waals surface area contributed by atoms with E-state index in [2.05, 4.69) is 26.2 Å². The van der Waals surface area contributed by atoms with Crippen molar-refractivity contribution in [3.63, 3.8) is 0 Å². The predicted molar refractivity (Wildman–Crippen MR) is 46.6 cm³/mol. The summed E-state index contributed by atoms with van der Waals surface area (Å²) < 4.78 is 0.966. The summed E-state index contributed by atoms with van der Waals surface area (Å²) in [5.41, 5.74) is -0.698. The molecule has 0 spiro atoms. The number of thiazole rings is 1. The third kappa shape index (κ3) is 1.22. The quantitative estimate of drug-likeness (QED) is 0.753. The maximum Gasteiger partial charge on any atom is 0.141 e. The molecule has 0 saturated carbocycles. The van der Waals surface area contributed by atoms with E-state index in [-0.39, 0.29) is 0 Å². The van der Waals surface area contributed by atoms with Gasteiger partial charge in [-0.2, -0.15) is 0 Å². The maximum atomic E-state index is 9.76. The summed E-state index contributed by atoms with van der Waals surface area (Å²) in [4.78, 5) is 4.09. The van der Waals surface area contributed by atoms with Gasteiger partial charge in [-0.05, 0) is 15.9 Å². The Morgan fingerprint density at radius 3 is 2.82 bits per heavy atom. The van der Waals surface area contributed by atoms with Gasteiger partial charge in [-0.1, -0.05) is 0 Å². The van der Waals surface area contributed by atoms with Crippen LogP contribution in [0.5, 0.6) is 0 Å². The predicted octanol–water partition coefficient (Wildman–Crippen LogP) is 0.696. The van der Waals surface area contributed by atoms with Gasteiger partial charge >= 0.3 is 0 Å². The van der Waals surface area contributed by atoms with E-state index in [1.165, 1.54) is 11.3 Å². The normalized spacial score (nSPS) is 21.3. The number of nitrogens with one attached hydrogen (secondary N) is 1. The first-order valence-corrected chi connectivity index (χ1v) is 4.87. The topological polar surface area (TPSA) is 45.2 Å². The van der Waals surface area contributed by atoms with Gasteiger partial charge in [-0.15, -0.1) is 11.3 Å². The van der Waals surface area contributed by atoms with Crippen LogP contribution in [-0.2, 0) is 5.60 Å². The minimum atomic E-state index is -0.698. The van der Waals surface area contributed by atoms with Crippen molar-refractivity contribution >= 4 is 27.3 Å². The molecule has 0 aromatic carbocycles. The molecule has 0 bridgehead atoms. The van der Waals surface area contributed by atoms with E-state index in [0.717, 1.165) is 8.79 Å². The number of hydrogen-bond donors (Lipinski definition) is 2. The van der Waals surface area contributed by atoms with Gasteiger partial charge in [-0.25, -0.2) is 4.98 Å². The molecule has 60 valence electrons. The zero-order valence-electron chi connectivity index (χ0n) is 5.67. The number of β-amino-alcohol motifs (C(OH)–C–C–N with tert-alkyl or cyclic N) is 1. The Bertz CT molecular complexity index is 271. The van der Waals surface area contributed by atoms with Gasteiger partial charge in [0.25, 0.3) is 0 Å². The number of rotatable bonds is 1. The molecule has 0 atom stereocenters. The van der Waals surface area contributed by atoms with Crippen LogP contribution in [0.25, 0.3) is 0 Å². The van der Waals surface area contributed by atoms with Crippen LogP contribution >= 0.6 is 27.3 Å². The van der Waals surface area contributed by atoms with Crippen molar-refractivity contribution < 1.29 is 5.11 Å². The lowest BCUT2D eigenvalue weighted by molar-refractivity contribution is -0.0148. The average Bonchev–Trinajstić information content (AvgIpc) is 2.31. The summed E-state index contributed by atoms with van der Waals surface area (Å²) in [6.45, 7) is 1.24. The molecule has 2 rings (SSSR count). The molecule has 11 heavy (non-hydrogen) atoms. The Morgan fingerprint density at radius 1 is 1.73 bits per heavy atom. The fourth-order valence-corrected chi connectivity index (χ4v) is 2.27. The fraction of sp³-hybridized carbons (Fsp3) is 0.500. The lowest BCUT2D eigenvalue weighted by Crippen LogP contribution is -2.56. The van der Waals surface area contributed by atoms with Gasteiger partial charge < -0.3 is 10.4 Å². The number of aromatic nitrogens is 1. The van der Waals surface area contributed by atoms with Crippen molar-refractivity contribution in [2.24, 2.45) is 0 Å². The molecule has 2 N–H and O–H groups in total. The number of aliphatic hydroxyl groups is 1. The summed E-state index contributed by atoms with van der Waals surface area (Å²) in [5.74, 6) is 0. The van der Waals surface area contributed by atoms with Crippen LogP contribution in [0.2, 0.25) is 0 Å². The van der Waals surface area contributed by atoms with Crippen molar-refractivity contribution in [3.8, 4) is 0 Å². The Hall–Kier alpha value is 0.0300. The zero-order chi connectivity index (χ0) is 7.90. The highest BCUT2D eigenvalue weighted by Gasteiger charge is 2.38. The number of nitrogens with zero attached hydrogens (tertiary/aromatic N) is 1. The molecule has 2 heterocycles. The van der Waals surface area contributed by atoms with E-state index in [1.54, 1.807) is 6.20 Å². The van der Waals surface area contributed by atoms with E-state index in [9.17, 15) is 5.11 Å². The third-order valence-corrected chi connectivity index (χ3v) is 3.38. The Kier molecular flexibility index (Phi) is 1.75. The molecule has 0 amide bonds. The standard InChI is InChI=1S/C6H7BrN2OS/c7-4-1-9-5(11-4)6(10)2-8-3-6/h1,8,10H,2-3H2. The van der Waals surface area contributed by atoms with Crippen molar-refractivity contribution in [1.82, 2.24) is 10.3 Å². The Balaban J connectivity index is 2.28. The molecule has 0 aliphatic carbocycles. The van der Waals surface area contributed by atoms with E-state index >= 15 is 0 Å². The smallest absolute Gasteiger partial charge is 0.141 e. The SMILES string of the molecule is OC1(c2ncc(Br)s2)CNC1. The molecule has 1 fully saturated rings. The van der Waals surface area contributed by atoms with Crippen molar-refractivity contribution in [1.29, 1.82) is 0 Å². The minimum Gasteiger partial charge on any atom is -0.380 e. The minimum absolute atomic E-state index is 0.618. The monoisotopic (exact) mass is 234 g/mol. The van der Waals surface area contributed by atoms with Gasteiger partial charge in [0, 0.05) is 13.1 Å². The van der Waals surface area contributed by atoms with Crippen molar-refractivity contribution in [2.75, 3.05) is 13.1 Å². The molecular formula is C6H7BrN2OS. The lowest BCUT2D eigenvalue weighted by atomic mass is 9.99. The van der Waals surface area contributed by atoms with Gasteiger partial charge in [0.2, 0.25) is 0 Å². The largest absolute Gasteiger partial charge is 0.380 e. The highest BCUT2D eigenvalue weighted by atomic mass is 79.9. The highest BCUT2D eigenvalue weighted by molar-refractivity contribution is 9.11. The molecule has 1 aromatic heterocycles. The summed E-state index contributed by atoms with van der Waals surface area (Å²) in [7, 11) is 0. The Morgan fingerprint density at radius 2 is 2.45 bits per heavy atom. The average molecular weight is 235 g/mol. The van der Waals surface area contributed by atoms with Crippen LogP contribution in [0, 0.1) is 0 Å². The molecule has 1 saturated heterocycles. The summed E-state index contributed by atoms with van der Waals surface area (Å²) in [6.07, 6.45) is 1.72. The molecule has 0 radical (unpaired) electrons. The fourth-order valence-electron chi connectivity index (χ4n) is 0.983. The van der Waals surface area contributed by atoms with Crippen LogP contribution in [0.4, 0.5) is 0 Å². The van der Waals surface area contributed by atoms with Gasteiger partial charge in [0.1, 0.15) is 10.6 Å². The molecule has 0 unspecified atom stereocenters. The van der Waals surface area contributed by atoms with Crippen molar-refractivity contribution in [2.45, 2.75) is 5.60 Å². The molecule has 5 heteroatoms. The second-order valence-corrected chi connectivity index (χ2v) is 5.01.